The number of carboxylic acid groups (broad SMARTS) is 1. The molecule has 0 fully saturated rings. The lowest BCUT2D eigenvalue weighted by Gasteiger charge is -2.21. The number of nitrogens with zero attached hydrogens (tertiary/aromatic N) is 2. The minimum Gasteiger partial charge on any atom is -0.481 e. The van der Waals surface area contributed by atoms with Crippen LogP contribution >= 0.6 is 11.8 Å². The number of hydrogen-bond donors (Lipinski definition) is 1. The molecule has 0 aliphatic heterocycles. The van der Waals surface area contributed by atoms with Crippen LogP contribution in [0.1, 0.15) is 26.5 Å². The van der Waals surface area contributed by atoms with E-state index in [2.05, 4.69) is 25.8 Å². The van der Waals surface area contributed by atoms with E-state index >= 15 is 0 Å². The zero-order chi connectivity index (χ0) is 14.6. The van der Waals surface area contributed by atoms with Crippen LogP contribution in [0.15, 0.2) is 11.4 Å². The van der Waals surface area contributed by atoms with Crippen LogP contribution in [0.3, 0.4) is 0 Å². The van der Waals surface area contributed by atoms with E-state index in [1.165, 1.54) is 11.8 Å². The molecule has 1 unspecified atom stereocenters. The predicted octanol–water partition coefficient (Wildman–Crippen LogP) is 1.74. The molecular formula is C12H20N2O3S2. The van der Waals surface area contributed by atoms with Crippen LogP contribution < -0.4 is 0 Å². The Balaban J connectivity index is 2.99. The second-order valence-electron chi connectivity index (χ2n) is 5.29. The number of thioether (sulfide) groups is 1. The molecule has 0 bridgehead atoms. The van der Waals surface area contributed by atoms with E-state index in [0.29, 0.717) is 17.5 Å². The summed E-state index contributed by atoms with van der Waals surface area (Å²) in [6.45, 7) is 6.83. The zero-order valence-corrected chi connectivity index (χ0v) is 13.3. The predicted molar refractivity (Wildman–Crippen MR) is 78.2 cm³/mol. The lowest BCUT2D eigenvalue weighted by molar-refractivity contribution is -0.133. The zero-order valence-electron chi connectivity index (χ0n) is 11.7. The third-order valence-corrected chi connectivity index (χ3v) is 4.25. The van der Waals surface area contributed by atoms with Crippen LogP contribution in [-0.2, 0) is 27.6 Å². The Morgan fingerprint density at radius 1 is 1.53 bits per heavy atom. The van der Waals surface area contributed by atoms with Gasteiger partial charge in [-0.05, 0) is 0 Å². The van der Waals surface area contributed by atoms with Gasteiger partial charge in [0, 0.05) is 46.7 Å². The average molecular weight is 304 g/mol. The van der Waals surface area contributed by atoms with Gasteiger partial charge in [-0.1, -0.05) is 32.5 Å². The molecule has 1 N–H and O–H groups in total. The fourth-order valence-electron chi connectivity index (χ4n) is 1.63. The van der Waals surface area contributed by atoms with Crippen molar-refractivity contribution < 1.29 is 14.1 Å². The van der Waals surface area contributed by atoms with Crippen molar-refractivity contribution in [3.63, 3.8) is 0 Å². The van der Waals surface area contributed by atoms with Crippen molar-refractivity contribution >= 4 is 28.5 Å². The highest BCUT2D eigenvalue weighted by molar-refractivity contribution is 7.99. The summed E-state index contributed by atoms with van der Waals surface area (Å²) in [6.07, 6.45) is 3.44. The van der Waals surface area contributed by atoms with Crippen molar-refractivity contribution in [3.8, 4) is 0 Å². The van der Waals surface area contributed by atoms with E-state index in [1.54, 1.807) is 12.5 Å². The maximum absolute atomic E-state index is 11.3. The topological polar surface area (TPSA) is 72.2 Å². The van der Waals surface area contributed by atoms with Crippen LogP contribution in [0.4, 0.5) is 0 Å². The molecule has 5 nitrogen and oxygen atoms in total. The van der Waals surface area contributed by atoms with E-state index in [4.69, 9.17) is 5.11 Å². The fraction of sp³-hybridized carbons (Fsp3) is 0.667. The molecule has 0 radical (unpaired) electrons. The SMILES string of the molecule is CS(=O)CCn1c(C(C)(C)C)cnc1SCC(=O)O. The second-order valence-corrected chi connectivity index (χ2v) is 7.78. The molecular weight excluding hydrogens is 284 g/mol. The van der Waals surface area contributed by atoms with Crippen LogP contribution in [0, 0.1) is 0 Å². The smallest absolute Gasteiger partial charge is 0.313 e. The molecule has 108 valence electrons. The van der Waals surface area contributed by atoms with Gasteiger partial charge in [0.25, 0.3) is 0 Å². The number of imidazole rings is 1. The van der Waals surface area contributed by atoms with Gasteiger partial charge in [0.2, 0.25) is 0 Å². The van der Waals surface area contributed by atoms with E-state index < -0.39 is 16.8 Å². The summed E-state index contributed by atoms with van der Waals surface area (Å²) < 4.78 is 13.2. The number of aliphatic carboxylic acids is 1. The Hall–Kier alpha value is -0.820. The van der Waals surface area contributed by atoms with Crippen molar-refractivity contribution in [1.29, 1.82) is 0 Å². The Bertz CT molecular complexity index is 478. The third kappa shape index (κ3) is 4.99. The van der Waals surface area contributed by atoms with Gasteiger partial charge in [-0.2, -0.15) is 0 Å². The molecule has 19 heavy (non-hydrogen) atoms. The number of aromatic nitrogens is 2. The molecule has 0 aliphatic rings. The first kappa shape index (κ1) is 16.2. The molecule has 0 aromatic carbocycles. The van der Waals surface area contributed by atoms with Crippen LogP contribution in [0.25, 0.3) is 0 Å². The molecule has 0 saturated heterocycles. The molecule has 0 saturated carbocycles. The summed E-state index contributed by atoms with van der Waals surface area (Å²) in [4.78, 5) is 14.9. The Morgan fingerprint density at radius 3 is 2.63 bits per heavy atom. The summed E-state index contributed by atoms with van der Waals surface area (Å²) in [5.41, 5.74) is 0.954. The van der Waals surface area contributed by atoms with Crippen LogP contribution in [-0.4, -0.2) is 42.6 Å². The van der Waals surface area contributed by atoms with Crippen molar-refractivity contribution in [3.05, 3.63) is 11.9 Å². The lowest BCUT2D eigenvalue weighted by atomic mass is 9.93. The molecule has 1 aromatic rings. The molecule has 0 aliphatic carbocycles. The highest BCUT2D eigenvalue weighted by Gasteiger charge is 2.22. The third-order valence-electron chi connectivity index (χ3n) is 2.51. The molecule has 1 rings (SSSR count). The van der Waals surface area contributed by atoms with Gasteiger partial charge in [-0.25, -0.2) is 4.98 Å². The summed E-state index contributed by atoms with van der Waals surface area (Å²) in [6, 6.07) is 0. The summed E-state index contributed by atoms with van der Waals surface area (Å²) in [5, 5.41) is 9.42. The van der Waals surface area contributed by atoms with Gasteiger partial charge in [0.1, 0.15) is 0 Å². The monoisotopic (exact) mass is 304 g/mol. The van der Waals surface area contributed by atoms with Gasteiger partial charge in [0.05, 0.1) is 5.75 Å². The van der Waals surface area contributed by atoms with E-state index in [-0.39, 0.29) is 11.2 Å². The molecule has 7 heteroatoms. The quantitative estimate of drug-likeness (QED) is 0.810. The van der Waals surface area contributed by atoms with Crippen molar-refractivity contribution in [2.75, 3.05) is 17.8 Å². The first-order chi connectivity index (χ1) is 8.71. The molecule has 1 heterocycles. The van der Waals surface area contributed by atoms with Gasteiger partial charge in [0.15, 0.2) is 5.16 Å². The van der Waals surface area contributed by atoms with Crippen LogP contribution in [0.2, 0.25) is 0 Å². The minimum absolute atomic E-state index is 0.0180. The average Bonchev–Trinajstić information content (AvgIpc) is 2.65. The Morgan fingerprint density at radius 2 is 2.16 bits per heavy atom. The van der Waals surface area contributed by atoms with Gasteiger partial charge in [-0.15, -0.1) is 0 Å². The molecule has 1 aromatic heterocycles. The fourth-order valence-corrected chi connectivity index (χ4v) is 2.80. The normalized spacial score (nSPS) is 13.5. The number of carbonyl (C=O) groups is 1. The van der Waals surface area contributed by atoms with Crippen molar-refractivity contribution in [2.45, 2.75) is 37.9 Å². The maximum atomic E-state index is 11.3. The molecule has 1 atom stereocenters. The molecule has 0 spiro atoms. The van der Waals surface area contributed by atoms with Crippen molar-refractivity contribution in [2.24, 2.45) is 0 Å². The van der Waals surface area contributed by atoms with Gasteiger partial charge in [-0.3, -0.25) is 9.00 Å². The largest absolute Gasteiger partial charge is 0.481 e. The number of rotatable bonds is 6. The Labute approximate surface area is 120 Å². The molecule has 0 amide bonds. The summed E-state index contributed by atoms with van der Waals surface area (Å²) in [5.74, 6) is -0.341. The Kier molecular flexibility index (Phi) is 5.61. The summed E-state index contributed by atoms with van der Waals surface area (Å²) in [7, 11) is -0.880. The highest BCUT2D eigenvalue weighted by atomic mass is 32.2. The first-order valence-corrected chi connectivity index (χ1v) is 8.63. The van der Waals surface area contributed by atoms with Gasteiger partial charge >= 0.3 is 5.97 Å². The maximum Gasteiger partial charge on any atom is 0.313 e. The number of carboxylic acids is 1. The van der Waals surface area contributed by atoms with E-state index in [1.807, 2.05) is 4.57 Å². The second kappa shape index (κ2) is 6.56. The van der Waals surface area contributed by atoms with Gasteiger partial charge < -0.3 is 9.67 Å². The van der Waals surface area contributed by atoms with E-state index in [0.717, 1.165) is 5.69 Å². The minimum atomic E-state index is -0.880. The van der Waals surface area contributed by atoms with Crippen molar-refractivity contribution in [1.82, 2.24) is 9.55 Å². The van der Waals surface area contributed by atoms with E-state index in [9.17, 15) is 9.00 Å². The first-order valence-electron chi connectivity index (χ1n) is 5.92. The summed E-state index contributed by atoms with van der Waals surface area (Å²) >= 11 is 1.20. The number of hydrogen-bond acceptors (Lipinski definition) is 4. The standard InChI is InChI=1S/C12H20N2O3S2/c1-12(2,3)9-7-13-11(18-8-10(15)16)14(9)5-6-19(4)17/h7H,5-6,8H2,1-4H3,(H,15,16). The lowest BCUT2D eigenvalue weighted by Crippen LogP contribution is -2.20. The van der Waals surface area contributed by atoms with Crippen LogP contribution in [0.5, 0.6) is 0 Å². The highest BCUT2D eigenvalue weighted by Crippen LogP contribution is 2.27.